The summed E-state index contributed by atoms with van der Waals surface area (Å²) in [7, 11) is 4.64. The summed E-state index contributed by atoms with van der Waals surface area (Å²) in [6, 6.07) is 10.3. The zero-order valence-corrected chi connectivity index (χ0v) is 21.7. The fourth-order valence-corrected chi connectivity index (χ4v) is 4.84. The number of carbonyl (C=O) groups is 2. The molecule has 0 radical (unpaired) electrons. The number of ether oxygens (including phenoxy) is 3. The average Bonchev–Trinajstić information content (AvgIpc) is 2.87. The van der Waals surface area contributed by atoms with Crippen molar-refractivity contribution in [1.82, 2.24) is 5.32 Å². The molecule has 7 nitrogen and oxygen atoms in total. The number of rotatable bonds is 10. The maximum atomic E-state index is 12.7. The molecular formula is C26H32Cl2N2O5. The van der Waals surface area contributed by atoms with Crippen LogP contribution in [0.25, 0.3) is 0 Å². The molecule has 0 aliphatic heterocycles. The van der Waals surface area contributed by atoms with Gasteiger partial charge in [0.1, 0.15) is 5.75 Å². The topological polar surface area (TPSA) is 85.9 Å². The number of benzene rings is 2. The van der Waals surface area contributed by atoms with Gasteiger partial charge in [-0.2, -0.15) is 0 Å². The first-order chi connectivity index (χ1) is 16.9. The summed E-state index contributed by atoms with van der Waals surface area (Å²) < 4.78 is 15.7. The number of methoxy groups -OCH3 is 3. The zero-order valence-electron chi connectivity index (χ0n) is 20.2. The SMILES string of the molecule is COC[C@H](Nc1ccc(C(=O)NC[C@H]2CC[C@H](C(=O)OC)CC2)cc1Cl)c1cc(Cl)ccc1OC. The van der Waals surface area contributed by atoms with E-state index in [0.717, 1.165) is 31.2 Å². The summed E-state index contributed by atoms with van der Waals surface area (Å²) in [5, 5.41) is 7.36. The summed E-state index contributed by atoms with van der Waals surface area (Å²) in [6.07, 6.45) is 3.36. The second kappa shape index (κ2) is 13.0. The number of carbonyl (C=O) groups excluding carboxylic acids is 2. The van der Waals surface area contributed by atoms with E-state index in [9.17, 15) is 9.59 Å². The molecule has 1 aliphatic carbocycles. The molecule has 1 amide bonds. The van der Waals surface area contributed by atoms with Crippen molar-refractivity contribution in [1.29, 1.82) is 0 Å². The lowest BCUT2D eigenvalue weighted by Gasteiger charge is -2.27. The highest BCUT2D eigenvalue weighted by atomic mass is 35.5. The lowest BCUT2D eigenvalue weighted by molar-refractivity contribution is -0.146. The fraction of sp³-hybridized carbons (Fsp3) is 0.462. The maximum Gasteiger partial charge on any atom is 0.308 e. The fourth-order valence-electron chi connectivity index (χ4n) is 4.42. The van der Waals surface area contributed by atoms with Gasteiger partial charge >= 0.3 is 5.97 Å². The van der Waals surface area contributed by atoms with Crippen molar-refractivity contribution in [3.05, 3.63) is 57.6 Å². The molecule has 1 saturated carbocycles. The van der Waals surface area contributed by atoms with Crippen LogP contribution in [0.2, 0.25) is 10.0 Å². The maximum absolute atomic E-state index is 12.7. The second-order valence-electron chi connectivity index (χ2n) is 8.68. The Kier molecular flexibility index (Phi) is 10.1. The summed E-state index contributed by atoms with van der Waals surface area (Å²) >= 11 is 12.7. The zero-order chi connectivity index (χ0) is 25.4. The van der Waals surface area contributed by atoms with Gasteiger partial charge in [0, 0.05) is 29.8 Å². The first-order valence-electron chi connectivity index (χ1n) is 11.6. The van der Waals surface area contributed by atoms with Gasteiger partial charge in [-0.05, 0) is 68.0 Å². The van der Waals surface area contributed by atoms with E-state index < -0.39 is 0 Å². The van der Waals surface area contributed by atoms with Crippen LogP contribution in [0.3, 0.4) is 0 Å². The monoisotopic (exact) mass is 522 g/mol. The minimum atomic E-state index is -0.272. The van der Waals surface area contributed by atoms with Crippen molar-refractivity contribution in [3.63, 3.8) is 0 Å². The third-order valence-corrected chi connectivity index (χ3v) is 6.94. The summed E-state index contributed by atoms with van der Waals surface area (Å²) in [6.45, 7) is 0.919. The van der Waals surface area contributed by atoms with E-state index in [-0.39, 0.29) is 23.8 Å². The second-order valence-corrected chi connectivity index (χ2v) is 9.53. The molecule has 0 spiro atoms. The van der Waals surface area contributed by atoms with Crippen molar-refractivity contribution in [2.45, 2.75) is 31.7 Å². The Labute approximate surface area is 216 Å². The van der Waals surface area contributed by atoms with Crippen LogP contribution in [0, 0.1) is 11.8 Å². The van der Waals surface area contributed by atoms with E-state index in [1.807, 2.05) is 6.07 Å². The third-order valence-electron chi connectivity index (χ3n) is 6.39. The van der Waals surface area contributed by atoms with Crippen LogP contribution in [0.5, 0.6) is 5.75 Å². The summed E-state index contributed by atoms with van der Waals surface area (Å²) in [5.41, 5.74) is 1.97. The van der Waals surface area contributed by atoms with Gasteiger partial charge in [0.2, 0.25) is 0 Å². The number of halogens is 2. The lowest BCUT2D eigenvalue weighted by Crippen LogP contribution is -2.32. The normalized spacial score (nSPS) is 18.4. The van der Waals surface area contributed by atoms with Crippen LogP contribution in [0.1, 0.15) is 47.6 Å². The Hall–Kier alpha value is -2.48. The number of hydrogen-bond donors (Lipinski definition) is 2. The van der Waals surface area contributed by atoms with Crippen LogP contribution in [-0.4, -0.2) is 46.4 Å². The van der Waals surface area contributed by atoms with Crippen molar-refractivity contribution in [2.75, 3.05) is 39.8 Å². The molecule has 0 unspecified atom stereocenters. The molecule has 1 atom stereocenters. The van der Waals surface area contributed by atoms with E-state index in [0.29, 0.717) is 46.1 Å². The van der Waals surface area contributed by atoms with Crippen molar-refractivity contribution in [2.24, 2.45) is 11.8 Å². The molecule has 3 rings (SSSR count). The number of amides is 1. The number of nitrogens with one attached hydrogen (secondary N) is 2. The van der Waals surface area contributed by atoms with E-state index >= 15 is 0 Å². The molecule has 1 fully saturated rings. The van der Waals surface area contributed by atoms with Crippen molar-refractivity contribution < 1.29 is 23.8 Å². The highest BCUT2D eigenvalue weighted by Crippen LogP contribution is 2.33. The van der Waals surface area contributed by atoms with E-state index in [1.54, 1.807) is 44.6 Å². The standard InChI is InChI=1S/C26H32Cl2N2O5/c1-33-15-23(20-13-19(27)9-11-24(20)34-2)30-22-10-8-18(12-21(22)28)25(31)29-14-16-4-6-17(7-5-16)26(32)35-3/h8-13,16-17,23,30H,4-7,14-15H2,1-3H3,(H,29,31)/t16-,17-,23-/m0/s1. The van der Waals surface area contributed by atoms with E-state index in [1.165, 1.54) is 7.11 Å². The van der Waals surface area contributed by atoms with Crippen molar-refractivity contribution >= 4 is 40.8 Å². The van der Waals surface area contributed by atoms with Gasteiger partial charge in [-0.1, -0.05) is 23.2 Å². The summed E-state index contributed by atoms with van der Waals surface area (Å²) in [5.74, 6) is 0.672. The van der Waals surface area contributed by atoms with Crippen LogP contribution < -0.4 is 15.4 Å². The molecule has 0 aromatic heterocycles. The van der Waals surface area contributed by atoms with Crippen LogP contribution in [0.4, 0.5) is 5.69 Å². The van der Waals surface area contributed by atoms with Gasteiger partial charge in [0.05, 0.1) is 43.5 Å². The number of esters is 1. The molecule has 2 aromatic carbocycles. The predicted octanol–water partition coefficient (Wildman–Crippen LogP) is 5.51. The number of hydrogen-bond acceptors (Lipinski definition) is 6. The van der Waals surface area contributed by atoms with Crippen molar-refractivity contribution in [3.8, 4) is 5.75 Å². The molecule has 0 bridgehead atoms. The quantitative estimate of drug-likeness (QED) is 0.400. The predicted molar refractivity (Wildman–Crippen MR) is 137 cm³/mol. The highest BCUT2D eigenvalue weighted by molar-refractivity contribution is 6.33. The molecule has 1 aliphatic rings. The Bertz CT molecular complexity index is 1020. The molecular weight excluding hydrogens is 491 g/mol. The molecule has 0 saturated heterocycles. The number of anilines is 1. The molecule has 9 heteroatoms. The van der Waals surface area contributed by atoms with Crippen LogP contribution in [0.15, 0.2) is 36.4 Å². The van der Waals surface area contributed by atoms with Gasteiger partial charge in [0.25, 0.3) is 5.91 Å². The summed E-state index contributed by atoms with van der Waals surface area (Å²) in [4.78, 5) is 24.4. The molecule has 0 heterocycles. The first kappa shape index (κ1) is 27.1. The molecule has 2 aromatic rings. The average molecular weight is 523 g/mol. The minimum Gasteiger partial charge on any atom is -0.496 e. The Balaban J connectivity index is 1.62. The van der Waals surface area contributed by atoms with Crippen LogP contribution >= 0.6 is 23.2 Å². The largest absolute Gasteiger partial charge is 0.496 e. The van der Waals surface area contributed by atoms with Gasteiger partial charge in [-0.25, -0.2) is 0 Å². The first-order valence-corrected chi connectivity index (χ1v) is 12.4. The van der Waals surface area contributed by atoms with Gasteiger partial charge in [-0.15, -0.1) is 0 Å². The Morgan fingerprint density at radius 2 is 1.77 bits per heavy atom. The van der Waals surface area contributed by atoms with Gasteiger partial charge in [0.15, 0.2) is 0 Å². The smallest absolute Gasteiger partial charge is 0.308 e. The molecule has 190 valence electrons. The Morgan fingerprint density at radius 3 is 2.40 bits per heavy atom. The molecule has 35 heavy (non-hydrogen) atoms. The highest BCUT2D eigenvalue weighted by Gasteiger charge is 2.27. The molecule has 2 N–H and O–H groups in total. The van der Waals surface area contributed by atoms with Gasteiger partial charge < -0.3 is 24.8 Å². The Morgan fingerprint density at radius 1 is 1.03 bits per heavy atom. The van der Waals surface area contributed by atoms with E-state index in [2.05, 4.69) is 10.6 Å². The minimum absolute atomic E-state index is 0.0281. The van der Waals surface area contributed by atoms with Crippen LogP contribution in [-0.2, 0) is 14.3 Å². The van der Waals surface area contributed by atoms with Gasteiger partial charge in [-0.3, -0.25) is 9.59 Å². The lowest BCUT2D eigenvalue weighted by atomic mass is 9.82. The third kappa shape index (κ3) is 7.26. The van der Waals surface area contributed by atoms with E-state index in [4.69, 9.17) is 37.4 Å².